The van der Waals surface area contributed by atoms with Crippen molar-refractivity contribution in [3.63, 3.8) is 0 Å². The van der Waals surface area contributed by atoms with E-state index in [2.05, 4.69) is 15.5 Å². The molecule has 1 N–H and O–H groups in total. The minimum absolute atomic E-state index is 0.100. The van der Waals surface area contributed by atoms with E-state index in [-0.39, 0.29) is 11.8 Å². The van der Waals surface area contributed by atoms with Crippen LogP contribution in [0.15, 0.2) is 41.1 Å². The fourth-order valence-electron chi connectivity index (χ4n) is 4.57. The molecule has 3 aromatic rings. The summed E-state index contributed by atoms with van der Waals surface area (Å²) in [5.74, 6) is 2.39. The number of carbonyl (C=O) groups excluding carboxylic acids is 1. The molecule has 1 aliphatic carbocycles. The maximum atomic E-state index is 12.6. The molecule has 0 spiro atoms. The van der Waals surface area contributed by atoms with Crippen LogP contribution in [0.5, 0.6) is 0 Å². The average molecular weight is 433 g/mol. The van der Waals surface area contributed by atoms with Gasteiger partial charge in [0.25, 0.3) is 0 Å². The number of amides is 1. The van der Waals surface area contributed by atoms with Crippen LogP contribution >= 0.6 is 0 Å². The number of carbonyl (C=O) groups is 1. The van der Waals surface area contributed by atoms with Crippen LogP contribution in [0, 0.1) is 26.7 Å². The standard InChI is InChI=1S/C26H32N4O2/c1-16-18(3)30-32-25(16)23-15-27-19(4)29-24(23)22-12-10-20(11-13-22)14-28-26(31)17(2)21-8-6-5-7-9-21/h5-9,15,17,20,22H,10-14H2,1-4H3,(H,28,31)/t17-,20?,22?/m1/s1. The summed E-state index contributed by atoms with van der Waals surface area (Å²) in [4.78, 5) is 21.8. The van der Waals surface area contributed by atoms with Crippen molar-refractivity contribution in [2.24, 2.45) is 5.92 Å². The van der Waals surface area contributed by atoms with Gasteiger partial charge in [0.15, 0.2) is 5.76 Å². The van der Waals surface area contributed by atoms with Crippen molar-refractivity contribution < 1.29 is 9.32 Å². The maximum Gasteiger partial charge on any atom is 0.227 e. The van der Waals surface area contributed by atoms with Crippen molar-refractivity contribution in [1.29, 1.82) is 0 Å². The molecular formula is C26H32N4O2. The van der Waals surface area contributed by atoms with E-state index in [4.69, 9.17) is 9.51 Å². The van der Waals surface area contributed by atoms with Crippen molar-refractivity contribution >= 4 is 5.91 Å². The summed E-state index contributed by atoms with van der Waals surface area (Å²) >= 11 is 0. The predicted octanol–water partition coefficient (Wildman–Crippen LogP) is 5.25. The zero-order valence-corrected chi connectivity index (χ0v) is 19.4. The monoisotopic (exact) mass is 432 g/mol. The van der Waals surface area contributed by atoms with E-state index in [1.807, 2.05) is 64.2 Å². The SMILES string of the molecule is Cc1ncc(-c2onc(C)c2C)c(C2CCC(CNC(=O)[C@H](C)c3ccccc3)CC2)n1. The molecule has 6 heteroatoms. The number of rotatable bonds is 6. The Kier molecular flexibility index (Phi) is 6.68. The van der Waals surface area contributed by atoms with E-state index in [0.29, 0.717) is 11.8 Å². The second-order valence-corrected chi connectivity index (χ2v) is 9.03. The highest BCUT2D eigenvalue weighted by Crippen LogP contribution is 2.39. The summed E-state index contributed by atoms with van der Waals surface area (Å²) in [5.41, 5.74) is 5.02. The Labute approximate surface area is 189 Å². The van der Waals surface area contributed by atoms with Crippen molar-refractivity contribution in [2.45, 2.75) is 65.2 Å². The normalized spacial score (nSPS) is 19.5. The van der Waals surface area contributed by atoms with Gasteiger partial charge in [0.2, 0.25) is 5.91 Å². The number of hydrogen-bond donors (Lipinski definition) is 1. The lowest BCUT2D eigenvalue weighted by Crippen LogP contribution is -2.33. The fourth-order valence-corrected chi connectivity index (χ4v) is 4.57. The van der Waals surface area contributed by atoms with Gasteiger partial charge < -0.3 is 9.84 Å². The molecule has 32 heavy (non-hydrogen) atoms. The Bertz CT molecular complexity index is 1070. The van der Waals surface area contributed by atoms with Gasteiger partial charge in [0.05, 0.1) is 22.9 Å². The topological polar surface area (TPSA) is 80.9 Å². The molecule has 1 atom stereocenters. The third kappa shape index (κ3) is 4.74. The third-order valence-corrected chi connectivity index (χ3v) is 6.83. The van der Waals surface area contributed by atoms with Gasteiger partial charge in [0, 0.05) is 24.2 Å². The van der Waals surface area contributed by atoms with Crippen LogP contribution in [-0.2, 0) is 4.79 Å². The first-order valence-electron chi connectivity index (χ1n) is 11.5. The third-order valence-electron chi connectivity index (χ3n) is 6.83. The molecule has 1 aliphatic rings. The van der Waals surface area contributed by atoms with Crippen LogP contribution < -0.4 is 5.32 Å². The van der Waals surface area contributed by atoms with E-state index in [9.17, 15) is 4.79 Å². The lowest BCUT2D eigenvalue weighted by molar-refractivity contribution is -0.122. The summed E-state index contributed by atoms with van der Waals surface area (Å²) in [5, 5.41) is 7.29. The van der Waals surface area contributed by atoms with Gasteiger partial charge in [-0.05, 0) is 64.9 Å². The molecule has 1 aromatic carbocycles. The smallest absolute Gasteiger partial charge is 0.227 e. The number of aryl methyl sites for hydroxylation is 2. The number of hydrogen-bond acceptors (Lipinski definition) is 5. The summed E-state index contributed by atoms with van der Waals surface area (Å²) in [7, 11) is 0. The summed E-state index contributed by atoms with van der Waals surface area (Å²) in [6.07, 6.45) is 6.11. The molecule has 6 nitrogen and oxygen atoms in total. The molecule has 1 saturated carbocycles. The highest BCUT2D eigenvalue weighted by molar-refractivity contribution is 5.83. The molecule has 1 fully saturated rings. The largest absolute Gasteiger partial charge is 0.356 e. The van der Waals surface area contributed by atoms with Gasteiger partial charge in [-0.2, -0.15) is 0 Å². The minimum Gasteiger partial charge on any atom is -0.356 e. The molecule has 2 aromatic heterocycles. The molecular weight excluding hydrogens is 400 g/mol. The van der Waals surface area contributed by atoms with Gasteiger partial charge in [-0.3, -0.25) is 4.79 Å². The van der Waals surface area contributed by atoms with Crippen LogP contribution in [0.3, 0.4) is 0 Å². The lowest BCUT2D eigenvalue weighted by atomic mass is 9.79. The zero-order chi connectivity index (χ0) is 22.7. The van der Waals surface area contributed by atoms with Crippen LogP contribution in [-0.4, -0.2) is 27.6 Å². The van der Waals surface area contributed by atoms with Gasteiger partial charge in [-0.1, -0.05) is 35.5 Å². The Morgan fingerprint density at radius 1 is 1.12 bits per heavy atom. The number of aromatic nitrogens is 3. The summed E-state index contributed by atoms with van der Waals surface area (Å²) in [6, 6.07) is 9.95. The van der Waals surface area contributed by atoms with Crippen LogP contribution in [0.25, 0.3) is 11.3 Å². The van der Waals surface area contributed by atoms with Crippen molar-refractivity contribution in [1.82, 2.24) is 20.4 Å². The summed E-state index contributed by atoms with van der Waals surface area (Å²) in [6.45, 7) is 8.61. The summed E-state index contributed by atoms with van der Waals surface area (Å²) < 4.78 is 5.62. The van der Waals surface area contributed by atoms with E-state index in [1.54, 1.807) is 0 Å². The Morgan fingerprint density at radius 2 is 1.84 bits per heavy atom. The second-order valence-electron chi connectivity index (χ2n) is 9.03. The molecule has 0 bridgehead atoms. The first-order valence-corrected chi connectivity index (χ1v) is 11.5. The first-order chi connectivity index (χ1) is 15.4. The van der Waals surface area contributed by atoms with E-state index in [1.165, 1.54) is 0 Å². The number of nitrogens with one attached hydrogen (secondary N) is 1. The van der Waals surface area contributed by atoms with Crippen LogP contribution in [0.2, 0.25) is 0 Å². The lowest BCUT2D eigenvalue weighted by Gasteiger charge is -2.29. The van der Waals surface area contributed by atoms with Gasteiger partial charge in [-0.25, -0.2) is 9.97 Å². The van der Waals surface area contributed by atoms with Gasteiger partial charge in [-0.15, -0.1) is 0 Å². The Balaban J connectivity index is 1.38. The molecule has 2 heterocycles. The van der Waals surface area contributed by atoms with Crippen LogP contribution in [0.4, 0.5) is 0 Å². The van der Waals surface area contributed by atoms with Crippen molar-refractivity contribution in [3.8, 4) is 11.3 Å². The molecule has 0 radical (unpaired) electrons. The Hall–Kier alpha value is -3.02. The average Bonchev–Trinajstić information content (AvgIpc) is 3.16. The van der Waals surface area contributed by atoms with E-state index in [0.717, 1.165) is 71.9 Å². The molecule has 1 amide bonds. The molecule has 0 unspecified atom stereocenters. The fraction of sp³-hybridized carbons (Fsp3) is 0.462. The quantitative estimate of drug-likeness (QED) is 0.575. The second kappa shape index (κ2) is 9.63. The van der Waals surface area contributed by atoms with Crippen molar-refractivity contribution in [2.75, 3.05) is 6.54 Å². The highest BCUT2D eigenvalue weighted by Gasteiger charge is 2.28. The molecule has 0 aliphatic heterocycles. The minimum atomic E-state index is -0.132. The highest BCUT2D eigenvalue weighted by atomic mass is 16.5. The molecule has 4 rings (SSSR count). The molecule has 168 valence electrons. The Morgan fingerprint density at radius 3 is 2.50 bits per heavy atom. The van der Waals surface area contributed by atoms with E-state index < -0.39 is 0 Å². The number of benzene rings is 1. The molecule has 0 saturated heterocycles. The van der Waals surface area contributed by atoms with Gasteiger partial charge >= 0.3 is 0 Å². The van der Waals surface area contributed by atoms with Gasteiger partial charge in [0.1, 0.15) is 5.82 Å². The zero-order valence-electron chi connectivity index (χ0n) is 19.4. The maximum absolute atomic E-state index is 12.6. The first kappa shape index (κ1) is 22.2. The number of nitrogens with zero attached hydrogens (tertiary/aromatic N) is 3. The predicted molar refractivity (Wildman–Crippen MR) is 124 cm³/mol. The van der Waals surface area contributed by atoms with E-state index >= 15 is 0 Å². The van der Waals surface area contributed by atoms with Crippen molar-refractivity contribution in [3.05, 3.63) is 64.9 Å². The van der Waals surface area contributed by atoms with Crippen LogP contribution in [0.1, 0.15) is 72.8 Å².